The zero-order valence-corrected chi connectivity index (χ0v) is 25.9. The van der Waals surface area contributed by atoms with Gasteiger partial charge in [0.2, 0.25) is 0 Å². The molecule has 8 heteroatoms. The first-order chi connectivity index (χ1) is 21.4. The summed E-state index contributed by atoms with van der Waals surface area (Å²) in [6, 6.07) is 17.7. The third-order valence-corrected chi connectivity index (χ3v) is 10.5. The van der Waals surface area contributed by atoms with Crippen molar-refractivity contribution in [3.05, 3.63) is 71.4 Å². The number of benzene rings is 2. The number of carbonyl (C=O) groups is 2. The number of hydrogen-bond acceptors (Lipinski definition) is 6. The molecule has 4 aliphatic carbocycles. The van der Waals surface area contributed by atoms with Crippen molar-refractivity contribution in [3.8, 4) is 16.9 Å². The van der Waals surface area contributed by atoms with Crippen LogP contribution < -0.4 is 15.0 Å². The van der Waals surface area contributed by atoms with Gasteiger partial charge in [-0.2, -0.15) is 0 Å². The van der Waals surface area contributed by atoms with E-state index >= 15 is 0 Å². The maximum atomic E-state index is 13.4. The van der Waals surface area contributed by atoms with Gasteiger partial charge in [-0.25, -0.2) is 0 Å². The highest BCUT2D eigenvalue weighted by molar-refractivity contribution is 5.95. The van der Waals surface area contributed by atoms with Crippen LogP contribution in [0.4, 0.5) is 5.82 Å². The second-order valence-corrected chi connectivity index (χ2v) is 13.6. The predicted octanol–water partition coefficient (Wildman–Crippen LogP) is 5.76. The van der Waals surface area contributed by atoms with Crippen LogP contribution in [-0.2, 0) is 0 Å². The molecule has 230 valence electrons. The molecule has 5 fully saturated rings. The van der Waals surface area contributed by atoms with Crippen LogP contribution in [-0.4, -0.2) is 66.2 Å². The third-order valence-electron chi connectivity index (χ3n) is 10.5. The topological polar surface area (TPSA) is 87.7 Å². The van der Waals surface area contributed by atoms with Crippen LogP contribution in [0.25, 0.3) is 11.1 Å². The van der Waals surface area contributed by atoms with Crippen molar-refractivity contribution in [3.63, 3.8) is 0 Å². The number of piperazine rings is 1. The number of carbonyl (C=O) groups excluding carboxylic acids is 2. The van der Waals surface area contributed by atoms with E-state index in [4.69, 9.17) is 4.74 Å². The van der Waals surface area contributed by atoms with E-state index in [1.807, 2.05) is 61.2 Å². The average molecular weight is 594 g/mol. The van der Waals surface area contributed by atoms with E-state index in [1.165, 1.54) is 38.5 Å². The minimum absolute atomic E-state index is 0.0412. The summed E-state index contributed by atoms with van der Waals surface area (Å²) in [5.74, 6) is 4.10. The van der Waals surface area contributed by atoms with Crippen molar-refractivity contribution in [2.75, 3.05) is 44.2 Å². The lowest BCUT2D eigenvalue weighted by Crippen LogP contribution is -2.51. The Morgan fingerprint density at radius 3 is 2.27 bits per heavy atom. The van der Waals surface area contributed by atoms with E-state index in [2.05, 4.69) is 26.5 Å². The van der Waals surface area contributed by atoms with Crippen LogP contribution >= 0.6 is 0 Å². The summed E-state index contributed by atoms with van der Waals surface area (Å²) in [6.45, 7) is 7.95. The van der Waals surface area contributed by atoms with Crippen molar-refractivity contribution in [2.45, 2.75) is 52.4 Å². The summed E-state index contributed by atoms with van der Waals surface area (Å²) in [5, 5.41) is 11.9. The van der Waals surface area contributed by atoms with Crippen molar-refractivity contribution < 1.29 is 14.3 Å². The fourth-order valence-electron chi connectivity index (χ4n) is 8.84. The maximum Gasteiger partial charge on any atom is 0.271 e. The number of amides is 2. The van der Waals surface area contributed by atoms with Crippen molar-refractivity contribution in [2.24, 2.45) is 23.2 Å². The predicted molar refractivity (Wildman–Crippen MR) is 171 cm³/mol. The second kappa shape index (κ2) is 11.9. The van der Waals surface area contributed by atoms with Crippen LogP contribution in [0.2, 0.25) is 0 Å². The Morgan fingerprint density at radius 2 is 1.64 bits per heavy atom. The molecule has 8 nitrogen and oxygen atoms in total. The standard InChI is InChI=1S/C36H43N5O3/c1-3-44-30-6-4-5-28(19-30)31-8-7-29(15-24(31)2)35(43)41-13-11-40(12-14-41)33-10-9-32(38-39-33)34(42)37-23-36-20-25-16-26(21-36)18-27(17-25)22-36/h4-10,15,19,25-27H,3,11-14,16-18,20-23H2,1-2H3,(H,37,42). The Bertz CT molecular complexity index is 1490. The zero-order valence-electron chi connectivity index (χ0n) is 25.9. The van der Waals surface area contributed by atoms with E-state index in [0.717, 1.165) is 52.6 Å². The highest BCUT2D eigenvalue weighted by atomic mass is 16.5. The molecule has 2 amide bonds. The SMILES string of the molecule is CCOc1cccc(-c2ccc(C(=O)N3CCN(c4ccc(C(=O)NCC56CC7CC(CC(C7)C5)C6)nn4)CC3)cc2C)c1. The van der Waals surface area contributed by atoms with Gasteiger partial charge in [-0.15, -0.1) is 10.2 Å². The summed E-state index contributed by atoms with van der Waals surface area (Å²) in [4.78, 5) is 30.4. The number of aryl methyl sites for hydroxylation is 1. The maximum absolute atomic E-state index is 13.4. The first-order valence-electron chi connectivity index (χ1n) is 16.4. The molecule has 1 saturated heterocycles. The molecular formula is C36H43N5O3. The van der Waals surface area contributed by atoms with Crippen molar-refractivity contribution in [1.29, 1.82) is 0 Å². The minimum atomic E-state index is -0.126. The van der Waals surface area contributed by atoms with E-state index in [1.54, 1.807) is 6.07 Å². The van der Waals surface area contributed by atoms with E-state index in [0.29, 0.717) is 49.5 Å². The second-order valence-electron chi connectivity index (χ2n) is 13.6. The van der Waals surface area contributed by atoms with Gasteiger partial charge in [-0.3, -0.25) is 9.59 Å². The zero-order chi connectivity index (χ0) is 30.3. The highest BCUT2D eigenvalue weighted by Gasteiger charge is 2.50. The summed E-state index contributed by atoms with van der Waals surface area (Å²) in [5.41, 5.74) is 4.59. The normalized spacial score (nSPS) is 25.6. The van der Waals surface area contributed by atoms with Gasteiger partial charge >= 0.3 is 0 Å². The summed E-state index contributed by atoms with van der Waals surface area (Å²) in [7, 11) is 0. The Morgan fingerprint density at radius 1 is 0.909 bits per heavy atom. The number of rotatable bonds is 8. The van der Waals surface area contributed by atoms with Crippen LogP contribution in [0.5, 0.6) is 5.75 Å². The van der Waals surface area contributed by atoms with Gasteiger partial charge in [0, 0.05) is 38.3 Å². The third kappa shape index (κ3) is 5.78. The molecule has 3 aromatic rings. The van der Waals surface area contributed by atoms with Crippen molar-refractivity contribution in [1.82, 2.24) is 20.4 Å². The van der Waals surface area contributed by atoms with Gasteiger partial charge in [0.15, 0.2) is 11.5 Å². The number of anilines is 1. The minimum Gasteiger partial charge on any atom is -0.494 e. The molecule has 0 spiro atoms. The van der Waals surface area contributed by atoms with Gasteiger partial charge in [0.05, 0.1) is 6.61 Å². The largest absolute Gasteiger partial charge is 0.494 e. The Balaban J connectivity index is 0.922. The molecule has 0 unspecified atom stereocenters. The number of ether oxygens (including phenoxy) is 1. The lowest BCUT2D eigenvalue weighted by molar-refractivity contribution is -0.0503. The summed E-state index contributed by atoms with van der Waals surface area (Å²) in [6.07, 6.45) is 8.02. The van der Waals surface area contributed by atoms with Crippen LogP contribution in [0.3, 0.4) is 0 Å². The Labute approximate surface area is 260 Å². The number of aromatic nitrogens is 2. The van der Waals surface area contributed by atoms with Crippen LogP contribution in [0.15, 0.2) is 54.6 Å². The molecule has 8 rings (SSSR count). The summed E-state index contributed by atoms with van der Waals surface area (Å²) >= 11 is 0. The van der Waals surface area contributed by atoms with E-state index < -0.39 is 0 Å². The van der Waals surface area contributed by atoms with Gasteiger partial charge < -0.3 is 19.9 Å². The smallest absolute Gasteiger partial charge is 0.271 e. The Kier molecular flexibility index (Phi) is 7.77. The molecule has 4 saturated carbocycles. The van der Waals surface area contributed by atoms with Crippen LogP contribution in [0, 0.1) is 30.1 Å². The van der Waals surface area contributed by atoms with Gasteiger partial charge in [0.25, 0.3) is 11.8 Å². The molecule has 1 N–H and O–H groups in total. The first-order valence-corrected chi connectivity index (χ1v) is 16.4. The average Bonchev–Trinajstić information content (AvgIpc) is 3.03. The quantitative estimate of drug-likeness (QED) is 0.358. The fourth-order valence-corrected chi connectivity index (χ4v) is 8.84. The molecule has 4 bridgehead atoms. The molecule has 2 aromatic carbocycles. The highest BCUT2D eigenvalue weighted by Crippen LogP contribution is 2.59. The van der Waals surface area contributed by atoms with Gasteiger partial charge in [0.1, 0.15) is 5.75 Å². The van der Waals surface area contributed by atoms with Gasteiger partial charge in [-0.1, -0.05) is 18.2 Å². The monoisotopic (exact) mass is 593 g/mol. The molecule has 1 aliphatic heterocycles. The molecule has 1 aromatic heterocycles. The lowest BCUT2D eigenvalue weighted by atomic mass is 9.49. The number of nitrogens with zero attached hydrogens (tertiary/aromatic N) is 4. The molecule has 0 radical (unpaired) electrons. The molecule has 0 atom stereocenters. The fraction of sp³-hybridized carbons (Fsp3) is 0.500. The number of nitrogens with one attached hydrogen (secondary N) is 1. The lowest BCUT2D eigenvalue weighted by Gasteiger charge is -2.56. The Hall–Kier alpha value is -3.94. The molecule has 2 heterocycles. The van der Waals surface area contributed by atoms with Crippen LogP contribution in [0.1, 0.15) is 71.9 Å². The van der Waals surface area contributed by atoms with Gasteiger partial charge in [-0.05, 0) is 129 Å². The van der Waals surface area contributed by atoms with Crippen molar-refractivity contribution >= 4 is 17.6 Å². The molecule has 44 heavy (non-hydrogen) atoms. The van der Waals surface area contributed by atoms with E-state index in [-0.39, 0.29) is 11.8 Å². The summed E-state index contributed by atoms with van der Waals surface area (Å²) < 4.78 is 5.66. The molecule has 5 aliphatic rings. The molecular weight excluding hydrogens is 550 g/mol. The van der Waals surface area contributed by atoms with E-state index in [9.17, 15) is 9.59 Å². The number of hydrogen-bond donors (Lipinski definition) is 1. The first kappa shape index (κ1) is 28.8.